The van der Waals surface area contributed by atoms with Crippen molar-refractivity contribution < 1.29 is 9.53 Å². The lowest BCUT2D eigenvalue weighted by atomic mass is 10.0. The molecule has 0 unspecified atom stereocenters. The van der Waals surface area contributed by atoms with Crippen LogP contribution >= 0.6 is 0 Å². The summed E-state index contributed by atoms with van der Waals surface area (Å²) in [7, 11) is 1.71. The Morgan fingerprint density at radius 2 is 2.16 bits per heavy atom. The zero-order chi connectivity index (χ0) is 17.2. The Morgan fingerprint density at radius 3 is 2.96 bits per heavy atom. The molecule has 25 heavy (non-hydrogen) atoms. The first-order valence-corrected chi connectivity index (χ1v) is 9.40. The van der Waals surface area contributed by atoms with Gasteiger partial charge in [-0.2, -0.15) is 0 Å². The number of nitrogens with one attached hydrogen (secondary N) is 1. The van der Waals surface area contributed by atoms with Gasteiger partial charge in [-0.15, -0.1) is 0 Å². The highest BCUT2D eigenvalue weighted by molar-refractivity contribution is 5.84. The number of benzene rings is 1. The molecule has 0 bridgehead atoms. The standard InChI is InChI=1S/C20H27N3O2/c1-25-17-6-7-19-18(13-17)15(14-21-19)12-16-4-2-8-22(16)10-11-23-9-3-5-20(23)24/h6-7,13-14,16,21H,2-5,8-12H2,1H3/t16-/m1/s1. The lowest BCUT2D eigenvalue weighted by Crippen LogP contribution is -2.39. The van der Waals surface area contributed by atoms with Gasteiger partial charge in [0.15, 0.2) is 0 Å². The minimum Gasteiger partial charge on any atom is -0.497 e. The van der Waals surface area contributed by atoms with Crippen LogP contribution in [0, 0.1) is 0 Å². The second-order valence-electron chi connectivity index (χ2n) is 7.25. The first-order chi connectivity index (χ1) is 12.2. The number of nitrogens with zero attached hydrogens (tertiary/aromatic N) is 2. The van der Waals surface area contributed by atoms with E-state index < -0.39 is 0 Å². The average molecular weight is 341 g/mol. The zero-order valence-electron chi connectivity index (χ0n) is 15.0. The Morgan fingerprint density at radius 1 is 1.24 bits per heavy atom. The molecule has 2 aromatic rings. The molecule has 2 fully saturated rings. The van der Waals surface area contributed by atoms with Crippen molar-refractivity contribution in [2.45, 2.75) is 38.1 Å². The van der Waals surface area contributed by atoms with Gasteiger partial charge in [-0.05, 0) is 56.0 Å². The van der Waals surface area contributed by atoms with Crippen LogP contribution in [0.25, 0.3) is 10.9 Å². The molecule has 2 saturated heterocycles. The van der Waals surface area contributed by atoms with Gasteiger partial charge in [0, 0.05) is 49.2 Å². The Hall–Kier alpha value is -2.01. The average Bonchev–Trinajstić information content (AvgIpc) is 3.34. The maximum Gasteiger partial charge on any atom is 0.222 e. The summed E-state index contributed by atoms with van der Waals surface area (Å²) in [6.07, 6.45) is 7.46. The topological polar surface area (TPSA) is 48.6 Å². The van der Waals surface area contributed by atoms with Gasteiger partial charge in [0.1, 0.15) is 5.75 Å². The van der Waals surface area contributed by atoms with Crippen molar-refractivity contribution in [3.8, 4) is 5.75 Å². The lowest BCUT2D eigenvalue weighted by Gasteiger charge is -2.27. The van der Waals surface area contributed by atoms with E-state index in [1.165, 1.54) is 29.3 Å². The molecule has 1 atom stereocenters. The fourth-order valence-corrected chi connectivity index (χ4v) is 4.32. The summed E-state index contributed by atoms with van der Waals surface area (Å²) >= 11 is 0. The molecule has 5 heteroatoms. The van der Waals surface area contributed by atoms with E-state index in [4.69, 9.17) is 4.74 Å². The van der Waals surface area contributed by atoms with E-state index in [-0.39, 0.29) is 0 Å². The summed E-state index contributed by atoms with van der Waals surface area (Å²) in [6.45, 7) is 3.98. The number of fused-ring (bicyclic) bond motifs is 1. The number of ether oxygens (including phenoxy) is 1. The number of hydrogen-bond acceptors (Lipinski definition) is 3. The summed E-state index contributed by atoms with van der Waals surface area (Å²) < 4.78 is 5.38. The number of H-pyrrole nitrogens is 1. The summed E-state index contributed by atoms with van der Waals surface area (Å²) in [5.41, 5.74) is 2.53. The molecular weight excluding hydrogens is 314 g/mol. The lowest BCUT2D eigenvalue weighted by molar-refractivity contribution is -0.127. The highest BCUT2D eigenvalue weighted by Gasteiger charge is 2.27. The van der Waals surface area contributed by atoms with Crippen molar-refractivity contribution in [2.24, 2.45) is 0 Å². The van der Waals surface area contributed by atoms with Crippen LogP contribution in [0.3, 0.4) is 0 Å². The molecule has 3 heterocycles. The molecule has 2 aliphatic heterocycles. The molecule has 1 N–H and O–H groups in total. The summed E-state index contributed by atoms with van der Waals surface area (Å²) in [6, 6.07) is 6.78. The molecule has 1 aromatic heterocycles. The number of amides is 1. The number of hydrogen-bond donors (Lipinski definition) is 1. The molecule has 134 valence electrons. The summed E-state index contributed by atoms with van der Waals surface area (Å²) in [4.78, 5) is 19.8. The highest BCUT2D eigenvalue weighted by atomic mass is 16.5. The van der Waals surface area contributed by atoms with E-state index in [1.807, 2.05) is 11.0 Å². The monoisotopic (exact) mass is 341 g/mol. The third kappa shape index (κ3) is 3.38. The molecule has 1 aromatic carbocycles. The third-order valence-electron chi connectivity index (χ3n) is 5.76. The summed E-state index contributed by atoms with van der Waals surface area (Å²) in [5, 5.41) is 1.26. The Bertz CT molecular complexity index is 754. The van der Waals surface area contributed by atoms with Crippen LogP contribution in [0.1, 0.15) is 31.2 Å². The number of methoxy groups -OCH3 is 1. The number of aromatic nitrogens is 1. The fraction of sp³-hybridized carbons (Fsp3) is 0.550. The van der Waals surface area contributed by atoms with E-state index in [0.29, 0.717) is 11.9 Å². The number of aromatic amines is 1. The third-order valence-corrected chi connectivity index (χ3v) is 5.76. The van der Waals surface area contributed by atoms with Gasteiger partial charge < -0.3 is 14.6 Å². The van der Waals surface area contributed by atoms with Crippen LogP contribution in [0.4, 0.5) is 0 Å². The van der Waals surface area contributed by atoms with Crippen LogP contribution in [0.2, 0.25) is 0 Å². The maximum absolute atomic E-state index is 11.8. The van der Waals surface area contributed by atoms with E-state index >= 15 is 0 Å². The maximum atomic E-state index is 11.8. The zero-order valence-corrected chi connectivity index (χ0v) is 15.0. The Kier molecular flexibility index (Phi) is 4.66. The first-order valence-electron chi connectivity index (χ1n) is 9.40. The number of carbonyl (C=O) groups is 1. The Balaban J connectivity index is 1.43. The number of rotatable bonds is 6. The van der Waals surface area contributed by atoms with Crippen LogP contribution in [0.5, 0.6) is 5.75 Å². The molecule has 5 nitrogen and oxygen atoms in total. The number of carbonyl (C=O) groups excluding carboxylic acids is 1. The first kappa shape index (κ1) is 16.5. The van der Waals surface area contributed by atoms with Gasteiger partial charge >= 0.3 is 0 Å². The molecule has 0 saturated carbocycles. The van der Waals surface area contributed by atoms with Gasteiger partial charge in [-0.25, -0.2) is 0 Å². The van der Waals surface area contributed by atoms with Gasteiger partial charge in [-0.1, -0.05) is 0 Å². The van der Waals surface area contributed by atoms with Gasteiger partial charge in [-0.3, -0.25) is 9.69 Å². The van der Waals surface area contributed by atoms with Crippen LogP contribution in [0.15, 0.2) is 24.4 Å². The van der Waals surface area contributed by atoms with Gasteiger partial charge in [0.2, 0.25) is 5.91 Å². The van der Waals surface area contributed by atoms with Crippen LogP contribution in [-0.4, -0.2) is 60.0 Å². The molecule has 1 amide bonds. The fourth-order valence-electron chi connectivity index (χ4n) is 4.32. The largest absolute Gasteiger partial charge is 0.497 e. The van der Waals surface area contributed by atoms with Crippen molar-refractivity contribution >= 4 is 16.8 Å². The Labute approximate surface area is 148 Å². The van der Waals surface area contributed by atoms with Gasteiger partial charge in [0.05, 0.1) is 7.11 Å². The molecule has 4 rings (SSSR count). The SMILES string of the molecule is COc1ccc2[nH]cc(C[C@H]3CCCN3CCN3CCCC3=O)c2c1. The van der Waals surface area contributed by atoms with Crippen LogP contribution < -0.4 is 4.74 Å². The second-order valence-corrected chi connectivity index (χ2v) is 7.25. The van der Waals surface area contributed by atoms with E-state index in [0.717, 1.165) is 51.2 Å². The van der Waals surface area contributed by atoms with E-state index in [1.54, 1.807) is 7.11 Å². The molecule has 0 radical (unpaired) electrons. The minimum absolute atomic E-state index is 0.333. The van der Waals surface area contributed by atoms with Crippen molar-refractivity contribution in [3.05, 3.63) is 30.0 Å². The predicted octanol–water partition coefficient (Wildman–Crippen LogP) is 2.81. The molecule has 0 aliphatic carbocycles. The summed E-state index contributed by atoms with van der Waals surface area (Å²) in [5.74, 6) is 1.24. The second kappa shape index (κ2) is 7.08. The smallest absolute Gasteiger partial charge is 0.222 e. The molecule has 0 spiro atoms. The minimum atomic E-state index is 0.333. The normalized spacial score (nSPS) is 21.6. The van der Waals surface area contributed by atoms with Crippen molar-refractivity contribution in [1.29, 1.82) is 0 Å². The van der Waals surface area contributed by atoms with Gasteiger partial charge in [0.25, 0.3) is 0 Å². The van der Waals surface area contributed by atoms with Crippen molar-refractivity contribution in [2.75, 3.05) is 33.3 Å². The van der Waals surface area contributed by atoms with Crippen molar-refractivity contribution in [1.82, 2.24) is 14.8 Å². The quantitative estimate of drug-likeness (QED) is 0.879. The molecular formula is C20H27N3O2. The number of likely N-dealkylation sites (tertiary alicyclic amines) is 2. The van der Waals surface area contributed by atoms with Crippen molar-refractivity contribution in [3.63, 3.8) is 0 Å². The van der Waals surface area contributed by atoms with Crippen LogP contribution in [-0.2, 0) is 11.2 Å². The highest BCUT2D eigenvalue weighted by Crippen LogP contribution is 2.28. The van der Waals surface area contributed by atoms with E-state index in [9.17, 15) is 4.79 Å². The molecule has 2 aliphatic rings. The van der Waals surface area contributed by atoms with E-state index in [2.05, 4.69) is 28.2 Å². The predicted molar refractivity (Wildman–Crippen MR) is 99.0 cm³/mol.